The molecule has 1 rings (SSSR count). The minimum absolute atomic E-state index is 0. The zero-order chi connectivity index (χ0) is 9.14. The maximum atomic E-state index is 8.56. The first-order valence-electron chi connectivity index (χ1n) is 3.78. The number of hydrogen-bond acceptors (Lipinski definition) is 2. The Hall–Kier alpha value is -0.357. The Balaban J connectivity index is -0.000000480. The third-order valence-electron chi connectivity index (χ3n) is 1.80. The van der Waals surface area contributed by atoms with Gasteiger partial charge in [-0.1, -0.05) is 0 Å². The number of benzene rings is 1. The van der Waals surface area contributed by atoms with Crippen LogP contribution in [0.15, 0.2) is 18.2 Å². The van der Waals surface area contributed by atoms with E-state index in [9.17, 15) is 0 Å². The average molecular weight is 299 g/mol. The van der Waals surface area contributed by atoms with Gasteiger partial charge in [0.05, 0.1) is 0 Å². The minimum Gasteiger partial charge on any atom is -1.00 e. The summed E-state index contributed by atoms with van der Waals surface area (Å²) in [5, 5.41) is 8.56. The van der Waals surface area contributed by atoms with Crippen molar-refractivity contribution in [3.05, 3.63) is 28.7 Å². The van der Waals surface area contributed by atoms with E-state index in [1.807, 2.05) is 38.1 Å². The fourth-order valence-corrected chi connectivity index (χ4v) is 1.03. The van der Waals surface area contributed by atoms with Crippen LogP contribution in [0.25, 0.3) is 4.98 Å². The Morgan fingerprint density at radius 1 is 1.20 bits per heavy atom. The van der Waals surface area contributed by atoms with Crippen molar-refractivity contribution in [2.75, 3.05) is 19.0 Å². The summed E-state index contributed by atoms with van der Waals surface area (Å²) in [4.78, 5) is 5.16. The minimum atomic E-state index is 0. The molecule has 0 spiro atoms. The second-order valence-electron chi connectivity index (χ2n) is 2.97. The molecule has 0 aliphatic heterocycles. The number of halogens is 2. The molecule has 0 aliphatic rings. The summed E-state index contributed by atoms with van der Waals surface area (Å²) < 4.78 is 0. The first-order valence-corrected chi connectivity index (χ1v) is 3.78. The van der Waals surface area contributed by atoms with E-state index >= 15 is 0 Å². The molecule has 0 saturated heterocycles. The number of diazo groups is 1. The first-order chi connectivity index (χ1) is 5.65. The third kappa shape index (κ3) is 5.32. The number of nitrogens with zero attached hydrogens (tertiary/aromatic N) is 3. The van der Waals surface area contributed by atoms with Gasteiger partial charge in [-0.15, -0.1) is 0 Å². The van der Waals surface area contributed by atoms with E-state index in [1.54, 1.807) is 6.07 Å². The van der Waals surface area contributed by atoms with Crippen LogP contribution < -0.4 is 29.7 Å². The molecule has 0 bridgehead atoms. The molecule has 1 aromatic rings. The average Bonchev–Trinajstić information content (AvgIpc) is 2.04. The molecule has 0 saturated carbocycles. The van der Waals surface area contributed by atoms with Gasteiger partial charge in [0, 0.05) is 31.4 Å². The molecule has 0 radical (unpaired) electrons. The van der Waals surface area contributed by atoms with E-state index in [4.69, 9.17) is 5.39 Å². The second kappa shape index (κ2) is 8.91. The predicted octanol–water partition coefficient (Wildman–Crippen LogP) is -3.45. The Morgan fingerprint density at radius 2 is 1.73 bits per heavy atom. The van der Waals surface area contributed by atoms with Gasteiger partial charge in [0.15, 0.2) is 4.98 Å². The van der Waals surface area contributed by atoms with Crippen LogP contribution in [0.2, 0.25) is 0 Å². The van der Waals surface area contributed by atoms with Crippen molar-refractivity contribution >= 4 is 11.4 Å². The quantitative estimate of drug-likeness (QED) is 0.399. The van der Waals surface area contributed by atoms with Crippen molar-refractivity contribution in [3.63, 3.8) is 0 Å². The zero-order valence-electron chi connectivity index (χ0n) is 9.04. The molecule has 0 atom stereocenters. The summed E-state index contributed by atoms with van der Waals surface area (Å²) >= 11 is 0. The summed E-state index contributed by atoms with van der Waals surface area (Å²) in [5.74, 6) is 0. The van der Waals surface area contributed by atoms with Gasteiger partial charge in [-0.05, 0) is 19.1 Å². The SMILES string of the molecule is Cc1cc(N(C)C)ccc1[N+]#N.[Cl-].[Cl-].[Zn+2]. The van der Waals surface area contributed by atoms with Gasteiger partial charge >= 0.3 is 25.2 Å². The summed E-state index contributed by atoms with van der Waals surface area (Å²) in [6, 6.07) is 5.70. The molecule has 15 heavy (non-hydrogen) atoms. The van der Waals surface area contributed by atoms with Crippen LogP contribution in [0.3, 0.4) is 0 Å². The van der Waals surface area contributed by atoms with Crippen LogP contribution in [-0.4, -0.2) is 14.1 Å². The van der Waals surface area contributed by atoms with Crippen LogP contribution in [0.5, 0.6) is 0 Å². The van der Waals surface area contributed by atoms with Crippen LogP contribution in [0.1, 0.15) is 5.56 Å². The topological polar surface area (TPSA) is 31.4 Å². The molecular formula is C9H12Cl2N3Zn+. The maximum Gasteiger partial charge on any atom is 2.00 e. The van der Waals surface area contributed by atoms with Crippen molar-refractivity contribution in [3.8, 4) is 0 Å². The number of anilines is 1. The fourth-order valence-electron chi connectivity index (χ4n) is 1.03. The number of hydrogen-bond donors (Lipinski definition) is 0. The van der Waals surface area contributed by atoms with Gasteiger partial charge < -0.3 is 29.7 Å². The Bertz CT molecular complexity index is 337. The fraction of sp³-hybridized carbons (Fsp3) is 0.333. The summed E-state index contributed by atoms with van der Waals surface area (Å²) in [7, 11) is 3.95. The summed E-state index contributed by atoms with van der Waals surface area (Å²) in [6.07, 6.45) is 0. The second-order valence-corrected chi connectivity index (χ2v) is 2.97. The number of aryl methyl sites for hydroxylation is 1. The van der Waals surface area contributed by atoms with Gasteiger partial charge in [0.1, 0.15) is 0 Å². The first kappa shape index (κ1) is 20.1. The molecule has 0 aliphatic carbocycles. The number of rotatable bonds is 1. The van der Waals surface area contributed by atoms with Gasteiger partial charge in [0.25, 0.3) is 0 Å². The molecule has 0 unspecified atom stereocenters. The van der Waals surface area contributed by atoms with Crippen molar-refractivity contribution < 1.29 is 44.3 Å². The largest absolute Gasteiger partial charge is 2.00 e. The molecule has 78 valence electrons. The molecule has 6 heteroatoms. The third-order valence-corrected chi connectivity index (χ3v) is 1.80. The van der Waals surface area contributed by atoms with Crippen molar-refractivity contribution in [2.24, 2.45) is 0 Å². The van der Waals surface area contributed by atoms with E-state index in [0.29, 0.717) is 5.69 Å². The smallest absolute Gasteiger partial charge is 1.00 e. The van der Waals surface area contributed by atoms with E-state index < -0.39 is 0 Å². The van der Waals surface area contributed by atoms with Crippen molar-refractivity contribution in [1.29, 1.82) is 5.39 Å². The Morgan fingerprint density at radius 3 is 2.07 bits per heavy atom. The van der Waals surface area contributed by atoms with Crippen molar-refractivity contribution in [2.45, 2.75) is 6.92 Å². The Labute approximate surface area is 115 Å². The normalized spacial score (nSPS) is 7.33. The van der Waals surface area contributed by atoms with Gasteiger partial charge in [-0.3, -0.25) is 0 Å². The molecule has 0 heterocycles. The van der Waals surface area contributed by atoms with Crippen LogP contribution in [0.4, 0.5) is 11.4 Å². The van der Waals surface area contributed by atoms with Gasteiger partial charge in [-0.25, -0.2) is 0 Å². The molecule has 0 aromatic heterocycles. The monoisotopic (exact) mass is 296 g/mol. The van der Waals surface area contributed by atoms with Crippen LogP contribution >= 0.6 is 0 Å². The van der Waals surface area contributed by atoms with Crippen LogP contribution in [-0.2, 0) is 19.5 Å². The van der Waals surface area contributed by atoms with E-state index in [-0.39, 0.29) is 44.3 Å². The Kier molecular flexibility index (Phi) is 11.9. The van der Waals surface area contributed by atoms with Crippen LogP contribution in [0, 0.1) is 12.3 Å². The van der Waals surface area contributed by atoms with E-state index in [0.717, 1.165) is 11.3 Å². The molecular weight excluding hydrogens is 286 g/mol. The van der Waals surface area contributed by atoms with Crippen molar-refractivity contribution in [1.82, 2.24) is 0 Å². The molecule has 3 nitrogen and oxygen atoms in total. The molecule has 0 N–H and O–H groups in total. The predicted molar refractivity (Wildman–Crippen MR) is 50.3 cm³/mol. The summed E-state index contributed by atoms with van der Waals surface area (Å²) in [5.41, 5.74) is 2.71. The molecule has 0 fully saturated rings. The molecule has 0 amide bonds. The van der Waals surface area contributed by atoms with E-state index in [1.165, 1.54) is 0 Å². The zero-order valence-corrected chi connectivity index (χ0v) is 13.5. The van der Waals surface area contributed by atoms with Gasteiger partial charge in [-0.2, -0.15) is 0 Å². The van der Waals surface area contributed by atoms with E-state index in [2.05, 4.69) is 4.98 Å². The summed E-state index contributed by atoms with van der Waals surface area (Å²) in [6.45, 7) is 1.92. The maximum absolute atomic E-state index is 8.56. The van der Waals surface area contributed by atoms with Gasteiger partial charge in [0.2, 0.25) is 5.39 Å². The molecule has 1 aromatic carbocycles. The standard InChI is InChI=1S/C9H12N3.2ClH.Zn/c1-7-6-8(12(2)3)4-5-9(7)11-10;;;/h4-6H,1-3H3;2*1H;/q+1;;;+2/p-2.